The number of aliphatic hydroxyl groups is 7. The third kappa shape index (κ3) is 33.3. The molecule has 0 radical (unpaired) electrons. The fraction of sp³-hybridized carbons (Fsp3) is 0.656. The number of carbonyl (C=O) groups is 1. The molecule has 426 valence electrons. The molecule has 2 saturated heterocycles. The van der Waals surface area contributed by atoms with Gasteiger partial charge in [0.25, 0.3) is 0 Å². The predicted molar refractivity (Wildman–Crippen MR) is 297 cm³/mol. The Balaban J connectivity index is 1.77. The number of hydrogen-bond acceptors (Lipinski definition) is 14. The van der Waals surface area contributed by atoms with Crippen LogP contribution in [0.4, 0.5) is 0 Å². The monoisotopic (exact) mass is 1050 g/mol. The molecule has 2 rings (SSSR count). The first-order valence-electron chi connectivity index (χ1n) is 28.1. The van der Waals surface area contributed by atoms with Crippen molar-refractivity contribution in [3.05, 3.63) is 122 Å². The van der Waals surface area contributed by atoms with Gasteiger partial charge in [0, 0.05) is 13.0 Å². The highest BCUT2D eigenvalue weighted by Crippen LogP contribution is 2.26. The first kappa shape index (κ1) is 67.5. The lowest BCUT2D eigenvalue weighted by Crippen LogP contribution is -2.61. The van der Waals surface area contributed by atoms with Gasteiger partial charge in [0.2, 0.25) is 0 Å². The van der Waals surface area contributed by atoms with E-state index in [9.17, 15) is 40.5 Å². The van der Waals surface area contributed by atoms with E-state index in [1.165, 1.54) is 38.5 Å². The first-order chi connectivity index (χ1) is 36.6. The zero-order valence-electron chi connectivity index (χ0n) is 45.5. The smallest absolute Gasteiger partial charge is 0.306 e. The van der Waals surface area contributed by atoms with Crippen molar-refractivity contribution in [1.29, 1.82) is 0 Å². The van der Waals surface area contributed by atoms with Crippen LogP contribution in [-0.4, -0.2) is 142 Å². The Kier molecular flexibility index (Phi) is 41.8. The molecule has 2 aliphatic rings. The van der Waals surface area contributed by atoms with Gasteiger partial charge in [-0.25, -0.2) is 0 Å². The molecule has 7 N–H and O–H groups in total. The zero-order valence-corrected chi connectivity index (χ0v) is 45.5. The van der Waals surface area contributed by atoms with Crippen molar-refractivity contribution in [2.45, 2.75) is 223 Å². The van der Waals surface area contributed by atoms with Crippen LogP contribution in [0.1, 0.15) is 155 Å². The minimum Gasteiger partial charge on any atom is -0.457 e. The van der Waals surface area contributed by atoms with Crippen molar-refractivity contribution in [2.24, 2.45) is 0 Å². The third-order valence-corrected chi connectivity index (χ3v) is 12.5. The Morgan fingerprint density at radius 2 is 0.827 bits per heavy atom. The van der Waals surface area contributed by atoms with Crippen LogP contribution < -0.4 is 0 Å². The summed E-state index contributed by atoms with van der Waals surface area (Å²) < 4.78 is 34.3. The van der Waals surface area contributed by atoms with E-state index < -0.39 is 86.7 Å². The molecule has 2 aliphatic heterocycles. The molecule has 2 heterocycles. The molecule has 0 bridgehead atoms. The van der Waals surface area contributed by atoms with Crippen LogP contribution in [0.3, 0.4) is 0 Å². The number of aliphatic hydroxyl groups excluding tert-OH is 7. The molecule has 14 heteroatoms. The number of unbranched alkanes of at least 4 members (excludes halogenated alkanes) is 9. The molecule has 0 amide bonds. The molecule has 0 aromatic heterocycles. The molecule has 14 nitrogen and oxygen atoms in total. The van der Waals surface area contributed by atoms with E-state index in [0.717, 1.165) is 89.9 Å². The Labute approximate surface area is 450 Å². The van der Waals surface area contributed by atoms with E-state index >= 15 is 0 Å². The number of allylic oxidation sites excluding steroid dienone is 20. The van der Waals surface area contributed by atoms with E-state index in [-0.39, 0.29) is 19.6 Å². The second-order valence-electron chi connectivity index (χ2n) is 19.0. The molecule has 2 fully saturated rings. The molecule has 11 unspecified atom stereocenters. The Hall–Kier alpha value is -3.61. The third-order valence-electron chi connectivity index (χ3n) is 12.5. The van der Waals surface area contributed by atoms with Gasteiger partial charge in [0.15, 0.2) is 12.6 Å². The normalized spacial score (nSPS) is 25.6. The maximum atomic E-state index is 13.0. The van der Waals surface area contributed by atoms with E-state index in [2.05, 4.69) is 123 Å². The molecule has 11 atom stereocenters. The SMILES string of the molecule is CC/C=C\C/C=C\C/C=C\C/C=C\C/C=C\C/C=C\CCC(=O)OC(COCCCCCCCCCCC/C=C\C/C=C\C/C=C\C/C=C\CC)COC1OC(COC2OC(CO)C(O)C(O)C2O)C(O)C(O)C1O. The number of carbonyl (C=O) groups excluding carboxylic acids is 1. The highest BCUT2D eigenvalue weighted by Gasteiger charge is 2.47. The van der Waals surface area contributed by atoms with E-state index in [1.54, 1.807) is 0 Å². The summed E-state index contributed by atoms with van der Waals surface area (Å²) in [6.07, 6.45) is 48.4. The quantitative estimate of drug-likeness (QED) is 0.0172. The molecular formula is C61H98O14. The largest absolute Gasteiger partial charge is 0.457 e. The fourth-order valence-corrected chi connectivity index (χ4v) is 8.01. The van der Waals surface area contributed by atoms with Crippen LogP contribution in [0.15, 0.2) is 122 Å². The number of esters is 1. The van der Waals surface area contributed by atoms with Gasteiger partial charge >= 0.3 is 5.97 Å². The van der Waals surface area contributed by atoms with Gasteiger partial charge in [-0.15, -0.1) is 0 Å². The van der Waals surface area contributed by atoms with Gasteiger partial charge in [-0.3, -0.25) is 4.79 Å². The van der Waals surface area contributed by atoms with Crippen LogP contribution in [0.5, 0.6) is 0 Å². The van der Waals surface area contributed by atoms with Gasteiger partial charge in [0.05, 0.1) is 26.4 Å². The Morgan fingerprint density at radius 3 is 1.29 bits per heavy atom. The van der Waals surface area contributed by atoms with E-state index in [1.807, 2.05) is 12.2 Å². The molecule has 75 heavy (non-hydrogen) atoms. The summed E-state index contributed by atoms with van der Waals surface area (Å²) in [6, 6.07) is 0. The predicted octanol–water partition coefficient (Wildman–Crippen LogP) is 9.74. The molecular weight excluding hydrogens is 957 g/mol. The summed E-state index contributed by atoms with van der Waals surface area (Å²) in [5.74, 6) is -0.465. The number of rotatable bonds is 43. The van der Waals surface area contributed by atoms with Gasteiger partial charge in [-0.1, -0.05) is 180 Å². The lowest BCUT2D eigenvalue weighted by atomic mass is 9.98. The summed E-state index contributed by atoms with van der Waals surface area (Å²) in [6.45, 7) is 3.32. The van der Waals surface area contributed by atoms with Crippen molar-refractivity contribution >= 4 is 5.97 Å². The Bertz CT molecular complexity index is 1700. The van der Waals surface area contributed by atoms with Crippen molar-refractivity contribution in [1.82, 2.24) is 0 Å². The lowest BCUT2D eigenvalue weighted by molar-refractivity contribution is -0.332. The topological polar surface area (TPSA) is 214 Å². The van der Waals surface area contributed by atoms with Gasteiger partial charge in [0.1, 0.15) is 54.9 Å². The summed E-state index contributed by atoms with van der Waals surface area (Å²) in [5, 5.41) is 72.3. The maximum Gasteiger partial charge on any atom is 0.306 e. The first-order valence-corrected chi connectivity index (χ1v) is 28.1. The summed E-state index contributed by atoms with van der Waals surface area (Å²) in [4.78, 5) is 13.0. The Morgan fingerprint density at radius 1 is 0.440 bits per heavy atom. The molecule has 0 aromatic rings. The molecule has 0 aromatic carbocycles. The minimum absolute atomic E-state index is 0.0181. The van der Waals surface area contributed by atoms with E-state index in [0.29, 0.717) is 13.0 Å². The zero-order chi connectivity index (χ0) is 54.4. The maximum absolute atomic E-state index is 13.0. The van der Waals surface area contributed by atoms with Crippen molar-refractivity contribution < 1.29 is 69.0 Å². The second kappa shape index (κ2) is 46.5. The molecule has 0 saturated carbocycles. The highest BCUT2D eigenvalue weighted by molar-refractivity contribution is 5.69. The van der Waals surface area contributed by atoms with Crippen LogP contribution in [0.25, 0.3) is 0 Å². The van der Waals surface area contributed by atoms with Crippen LogP contribution in [0.2, 0.25) is 0 Å². The van der Waals surface area contributed by atoms with Crippen molar-refractivity contribution in [3.8, 4) is 0 Å². The fourth-order valence-electron chi connectivity index (χ4n) is 8.01. The number of ether oxygens (including phenoxy) is 6. The van der Waals surface area contributed by atoms with Crippen LogP contribution in [0, 0.1) is 0 Å². The number of hydrogen-bond donors (Lipinski definition) is 7. The van der Waals surface area contributed by atoms with Crippen LogP contribution >= 0.6 is 0 Å². The van der Waals surface area contributed by atoms with Crippen LogP contribution in [-0.2, 0) is 33.2 Å². The van der Waals surface area contributed by atoms with Crippen molar-refractivity contribution in [3.63, 3.8) is 0 Å². The highest BCUT2D eigenvalue weighted by atomic mass is 16.7. The standard InChI is InChI=1S/C61H98O14/c1-3-5-7-9-11-13-15-17-19-21-23-24-25-27-29-31-33-35-37-39-41-43-45-70-47-50(73-53(63)44-42-40-38-36-34-32-30-28-26-22-20-18-16-14-12-10-8-6-4-2)48-71-60-59(69)57(67)55(65)52(75-60)49-72-61-58(68)56(66)54(64)51(46-62)74-61/h5-8,11-14,17-20,23-24,26,28,32,34,38,40,50-52,54-62,64-69H,3-4,9-10,15-16,21-22,25,27,29-31,33,35-37,39,41-49H2,1-2H3/b7-5-,8-6-,13-11-,14-12-,19-17-,20-18-,24-23-,28-26-,34-32-,40-38-. The summed E-state index contributed by atoms with van der Waals surface area (Å²) in [7, 11) is 0. The summed E-state index contributed by atoms with van der Waals surface area (Å²) in [5.41, 5.74) is 0. The average Bonchev–Trinajstić information content (AvgIpc) is 3.41. The second-order valence-corrected chi connectivity index (χ2v) is 19.0. The molecule has 0 spiro atoms. The molecule has 0 aliphatic carbocycles. The van der Waals surface area contributed by atoms with Gasteiger partial charge in [-0.05, 0) is 89.9 Å². The van der Waals surface area contributed by atoms with Crippen molar-refractivity contribution in [2.75, 3.05) is 33.0 Å². The van der Waals surface area contributed by atoms with E-state index in [4.69, 9.17) is 28.4 Å². The minimum atomic E-state index is -1.73. The lowest BCUT2D eigenvalue weighted by Gasteiger charge is -2.42. The summed E-state index contributed by atoms with van der Waals surface area (Å²) >= 11 is 0. The van der Waals surface area contributed by atoms with Gasteiger partial charge in [-0.2, -0.15) is 0 Å². The average molecular weight is 1060 g/mol. The van der Waals surface area contributed by atoms with Gasteiger partial charge < -0.3 is 64.2 Å².